The zero-order chi connectivity index (χ0) is 8.10. The van der Waals surface area contributed by atoms with Crippen LogP contribution in [-0.2, 0) is 9.84 Å². The van der Waals surface area contributed by atoms with Crippen LogP contribution < -0.4 is 0 Å². The number of hydrogen-bond donors (Lipinski definition) is 0. The SMILES string of the molecule is [O]C(=O)OC1CCCCCC1. The summed E-state index contributed by atoms with van der Waals surface area (Å²) in [5.41, 5.74) is 0. The summed E-state index contributed by atoms with van der Waals surface area (Å²) < 4.78 is 4.58. The minimum atomic E-state index is -1.38. The molecule has 11 heavy (non-hydrogen) atoms. The Labute approximate surface area is 66.4 Å². The zero-order valence-electron chi connectivity index (χ0n) is 6.54. The summed E-state index contributed by atoms with van der Waals surface area (Å²) >= 11 is 0. The monoisotopic (exact) mass is 157 g/mol. The third kappa shape index (κ3) is 3.25. The largest absolute Gasteiger partial charge is 0.550 e. The third-order valence-corrected chi connectivity index (χ3v) is 2.07. The van der Waals surface area contributed by atoms with Gasteiger partial charge in [-0.3, -0.25) is 0 Å². The van der Waals surface area contributed by atoms with Gasteiger partial charge in [-0.2, -0.15) is 9.90 Å². The van der Waals surface area contributed by atoms with Crippen LogP contribution in [0.1, 0.15) is 38.5 Å². The van der Waals surface area contributed by atoms with E-state index in [1.165, 1.54) is 12.8 Å². The van der Waals surface area contributed by atoms with Crippen molar-refractivity contribution in [3.05, 3.63) is 0 Å². The fourth-order valence-electron chi connectivity index (χ4n) is 1.50. The molecule has 1 aliphatic carbocycles. The smallest absolute Gasteiger partial charge is 0.428 e. The Hall–Kier alpha value is -0.730. The summed E-state index contributed by atoms with van der Waals surface area (Å²) in [5.74, 6) is 0. The normalized spacial score (nSPS) is 20.7. The molecule has 1 saturated carbocycles. The number of carbonyl (C=O) groups is 1. The van der Waals surface area contributed by atoms with Gasteiger partial charge in [-0.15, -0.1) is 0 Å². The molecule has 3 heteroatoms. The van der Waals surface area contributed by atoms with Crippen molar-refractivity contribution < 1.29 is 14.6 Å². The number of rotatable bonds is 1. The van der Waals surface area contributed by atoms with E-state index < -0.39 is 6.16 Å². The Morgan fingerprint density at radius 2 is 1.64 bits per heavy atom. The van der Waals surface area contributed by atoms with E-state index in [2.05, 4.69) is 4.74 Å². The Morgan fingerprint density at radius 1 is 1.09 bits per heavy atom. The van der Waals surface area contributed by atoms with Crippen LogP contribution in [0, 0.1) is 0 Å². The summed E-state index contributed by atoms with van der Waals surface area (Å²) in [6.45, 7) is 0. The second kappa shape index (κ2) is 4.21. The third-order valence-electron chi connectivity index (χ3n) is 2.07. The van der Waals surface area contributed by atoms with Crippen LogP contribution in [0.3, 0.4) is 0 Å². The van der Waals surface area contributed by atoms with Crippen molar-refractivity contribution in [2.45, 2.75) is 44.6 Å². The lowest BCUT2D eigenvalue weighted by atomic mass is 10.2. The second-order valence-electron chi connectivity index (χ2n) is 2.98. The molecule has 0 N–H and O–H groups in total. The molecule has 0 aromatic heterocycles. The topological polar surface area (TPSA) is 46.2 Å². The highest BCUT2D eigenvalue weighted by Crippen LogP contribution is 2.19. The van der Waals surface area contributed by atoms with Crippen molar-refractivity contribution in [3.8, 4) is 0 Å². The summed E-state index contributed by atoms with van der Waals surface area (Å²) in [7, 11) is 0. The van der Waals surface area contributed by atoms with Gasteiger partial charge in [0, 0.05) is 0 Å². The fourth-order valence-corrected chi connectivity index (χ4v) is 1.50. The highest BCUT2D eigenvalue weighted by atomic mass is 16.7. The van der Waals surface area contributed by atoms with Gasteiger partial charge in [0.2, 0.25) is 0 Å². The molecule has 0 spiro atoms. The number of ether oxygens (including phenoxy) is 1. The molecule has 0 saturated heterocycles. The predicted octanol–water partition coefficient (Wildman–Crippen LogP) is 2.28. The van der Waals surface area contributed by atoms with Crippen LogP contribution in [0.15, 0.2) is 0 Å². The highest BCUT2D eigenvalue weighted by molar-refractivity contribution is 5.56. The molecular formula is C8H13O3. The van der Waals surface area contributed by atoms with Crippen molar-refractivity contribution >= 4 is 6.16 Å². The van der Waals surface area contributed by atoms with Crippen LogP contribution in [0.5, 0.6) is 0 Å². The van der Waals surface area contributed by atoms with Crippen LogP contribution >= 0.6 is 0 Å². The molecule has 0 atom stereocenters. The Balaban J connectivity index is 2.25. The van der Waals surface area contributed by atoms with E-state index in [-0.39, 0.29) is 6.10 Å². The molecule has 63 valence electrons. The maximum atomic E-state index is 10.0. The maximum Gasteiger partial charge on any atom is 0.550 e. The predicted molar refractivity (Wildman–Crippen MR) is 38.7 cm³/mol. The van der Waals surface area contributed by atoms with E-state index >= 15 is 0 Å². The van der Waals surface area contributed by atoms with E-state index in [0.717, 1.165) is 25.7 Å². The van der Waals surface area contributed by atoms with Gasteiger partial charge in [0.1, 0.15) is 6.10 Å². The van der Waals surface area contributed by atoms with Gasteiger partial charge in [0.15, 0.2) is 0 Å². The molecule has 0 heterocycles. The van der Waals surface area contributed by atoms with E-state index in [1.807, 2.05) is 0 Å². The molecule has 0 amide bonds. The molecular weight excluding hydrogens is 144 g/mol. The number of carbonyl (C=O) groups excluding carboxylic acids is 1. The molecule has 1 radical (unpaired) electrons. The lowest BCUT2D eigenvalue weighted by Gasteiger charge is -2.10. The summed E-state index contributed by atoms with van der Waals surface area (Å²) in [6, 6.07) is 0. The van der Waals surface area contributed by atoms with Gasteiger partial charge in [0.05, 0.1) is 0 Å². The van der Waals surface area contributed by atoms with Gasteiger partial charge in [0.25, 0.3) is 0 Å². The van der Waals surface area contributed by atoms with E-state index in [9.17, 15) is 9.90 Å². The summed E-state index contributed by atoms with van der Waals surface area (Å²) in [5, 5.41) is 10.0. The van der Waals surface area contributed by atoms with Crippen molar-refractivity contribution in [2.75, 3.05) is 0 Å². The van der Waals surface area contributed by atoms with Crippen LogP contribution in [0.2, 0.25) is 0 Å². The molecule has 0 aromatic carbocycles. The first-order valence-electron chi connectivity index (χ1n) is 4.16. The molecule has 3 nitrogen and oxygen atoms in total. The van der Waals surface area contributed by atoms with Crippen LogP contribution in [0.25, 0.3) is 0 Å². The molecule has 0 aliphatic heterocycles. The Kier molecular flexibility index (Phi) is 3.20. The van der Waals surface area contributed by atoms with Gasteiger partial charge in [-0.1, -0.05) is 12.8 Å². The lowest BCUT2D eigenvalue weighted by Crippen LogP contribution is -2.14. The fraction of sp³-hybridized carbons (Fsp3) is 0.875. The van der Waals surface area contributed by atoms with Crippen LogP contribution in [0.4, 0.5) is 4.79 Å². The van der Waals surface area contributed by atoms with Gasteiger partial charge >= 0.3 is 6.16 Å². The first-order valence-corrected chi connectivity index (χ1v) is 4.16. The van der Waals surface area contributed by atoms with Gasteiger partial charge < -0.3 is 4.74 Å². The van der Waals surface area contributed by atoms with Crippen LogP contribution in [-0.4, -0.2) is 12.3 Å². The lowest BCUT2D eigenvalue weighted by molar-refractivity contribution is 0.0268. The molecule has 0 unspecified atom stereocenters. The molecule has 0 bridgehead atoms. The van der Waals surface area contributed by atoms with Crippen molar-refractivity contribution in [2.24, 2.45) is 0 Å². The van der Waals surface area contributed by atoms with Gasteiger partial charge in [-0.25, -0.2) is 0 Å². The van der Waals surface area contributed by atoms with Crippen molar-refractivity contribution in [1.82, 2.24) is 0 Å². The molecule has 1 rings (SSSR count). The molecule has 1 fully saturated rings. The van der Waals surface area contributed by atoms with E-state index in [0.29, 0.717) is 0 Å². The Bertz CT molecular complexity index is 125. The molecule has 1 aliphatic rings. The minimum absolute atomic E-state index is 0.0949. The van der Waals surface area contributed by atoms with Crippen molar-refractivity contribution in [3.63, 3.8) is 0 Å². The second-order valence-corrected chi connectivity index (χ2v) is 2.98. The maximum absolute atomic E-state index is 10.0. The highest BCUT2D eigenvalue weighted by Gasteiger charge is 2.16. The van der Waals surface area contributed by atoms with E-state index in [1.54, 1.807) is 0 Å². The average molecular weight is 157 g/mol. The molecule has 0 aromatic rings. The number of hydrogen-bond acceptors (Lipinski definition) is 2. The summed E-state index contributed by atoms with van der Waals surface area (Å²) in [6.07, 6.45) is 4.83. The standard InChI is InChI=1S/C8H13O3/c9-8(10)11-7-5-3-1-2-4-6-7/h7H,1-6H2. The van der Waals surface area contributed by atoms with E-state index in [4.69, 9.17) is 0 Å². The van der Waals surface area contributed by atoms with Crippen molar-refractivity contribution in [1.29, 1.82) is 0 Å². The minimum Gasteiger partial charge on any atom is -0.428 e. The van der Waals surface area contributed by atoms with Gasteiger partial charge in [-0.05, 0) is 25.7 Å². The first kappa shape index (κ1) is 8.37. The zero-order valence-corrected chi connectivity index (χ0v) is 6.54. The first-order chi connectivity index (χ1) is 5.29. The summed E-state index contributed by atoms with van der Waals surface area (Å²) in [4.78, 5) is 10.0. The quantitative estimate of drug-likeness (QED) is 0.433. The average Bonchev–Trinajstić information content (AvgIpc) is 2.14. The Morgan fingerprint density at radius 3 is 2.09 bits per heavy atom.